The molecule has 0 unspecified atom stereocenters. The van der Waals surface area contributed by atoms with Gasteiger partial charge < -0.3 is 19.0 Å². The fourth-order valence-corrected chi connectivity index (χ4v) is 2.66. The number of carboxylic acids is 1. The topological polar surface area (TPSA) is 105 Å². The van der Waals surface area contributed by atoms with Crippen molar-refractivity contribution >= 4 is 27.9 Å². The number of aromatic carboxylic acids is 1. The van der Waals surface area contributed by atoms with E-state index in [1.54, 1.807) is 18.2 Å². The number of phenols is 1. The van der Waals surface area contributed by atoms with Gasteiger partial charge in [-0.15, -0.1) is 0 Å². The molecule has 0 fully saturated rings. The summed E-state index contributed by atoms with van der Waals surface area (Å²) in [6, 6.07) is 12.3. The monoisotopic (exact) mass is 323 g/mol. The number of phenolic OH excluding ortho intramolecular Hbond substituents is 1. The Morgan fingerprint density at radius 1 is 0.958 bits per heavy atom. The maximum atomic E-state index is 11.3. The number of carbonyl (C=O) groups is 1. The molecule has 4 rings (SSSR count). The van der Waals surface area contributed by atoms with Gasteiger partial charge in [-0.3, -0.25) is 4.79 Å². The number of rotatable bonds is 2. The van der Waals surface area contributed by atoms with Crippen LogP contribution in [0, 0.1) is 0 Å². The number of carboxylic acid groups (broad SMARTS) is 1. The van der Waals surface area contributed by atoms with Crippen molar-refractivity contribution in [1.82, 2.24) is 0 Å². The first-order valence-electron chi connectivity index (χ1n) is 7.07. The van der Waals surface area contributed by atoms with Crippen LogP contribution >= 0.6 is 0 Å². The van der Waals surface area contributed by atoms with E-state index in [0.29, 0.717) is 27.7 Å². The van der Waals surface area contributed by atoms with Gasteiger partial charge in [0.15, 0.2) is 0 Å². The Labute approximate surface area is 134 Å². The fourth-order valence-electron chi connectivity index (χ4n) is 2.66. The summed E-state index contributed by atoms with van der Waals surface area (Å²) in [7, 11) is 0. The van der Waals surface area contributed by atoms with Crippen molar-refractivity contribution in [3.05, 3.63) is 59.7 Å². The molecule has 0 aliphatic rings. The highest BCUT2D eigenvalue weighted by Gasteiger charge is 2.16. The van der Waals surface area contributed by atoms with E-state index in [0.717, 1.165) is 0 Å². The smallest absolute Gasteiger partial charge is 0.371 e. The highest BCUT2D eigenvalue weighted by atomic mass is 16.4. The summed E-state index contributed by atoms with van der Waals surface area (Å²) in [5.41, 5.74) is 1.20. The molecular formula is C18H11O6+. The van der Waals surface area contributed by atoms with E-state index in [-0.39, 0.29) is 22.5 Å². The lowest BCUT2D eigenvalue weighted by Gasteiger charge is -2.08. The molecule has 0 saturated heterocycles. The lowest BCUT2D eigenvalue weighted by atomic mass is 10.1. The fraction of sp³-hybridized carbons (Fsp3) is 0. The van der Waals surface area contributed by atoms with Gasteiger partial charge in [-0.1, -0.05) is 0 Å². The Morgan fingerprint density at radius 2 is 1.62 bits per heavy atom. The van der Waals surface area contributed by atoms with Gasteiger partial charge in [-0.2, -0.15) is 0 Å². The Balaban J connectivity index is 2.10. The summed E-state index contributed by atoms with van der Waals surface area (Å²) in [4.78, 5) is 21.1. The van der Waals surface area contributed by atoms with Crippen LogP contribution in [0.25, 0.3) is 33.3 Å². The van der Waals surface area contributed by atoms with Crippen LogP contribution in [-0.2, 0) is 0 Å². The molecule has 0 bridgehead atoms. The zero-order chi connectivity index (χ0) is 16.8. The van der Waals surface area contributed by atoms with E-state index >= 15 is 0 Å². The molecule has 0 aliphatic heterocycles. The quantitative estimate of drug-likeness (QED) is 0.551. The Bertz CT molecular complexity index is 1150. The Morgan fingerprint density at radius 3 is 2.29 bits per heavy atom. The van der Waals surface area contributed by atoms with Gasteiger partial charge in [0, 0.05) is 5.56 Å². The molecule has 0 saturated carbocycles. The third kappa shape index (κ3) is 2.21. The van der Waals surface area contributed by atoms with E-state index in [2.05, 4.69) is 0 Å². The third-order valence-corrected chi connectivity index (χ3v) is 3.72. The van der Waals surface area contributed by atoms with Gasteiger partial charge in [0.25, 0.3) is 0 Å². The summed E-state index contributed by atoms with van der Waals surface area (Å²) in [5, 5.41) is 19.8. The molecule has 6 heteroatoms. The molecule has 0 aliphatic carbocycles. The van der Waals surface area contributed by atoms with E-state index in [4.69, 9.17) is 8.83 Å². The zero-order valence-electron chi connectivity index (χ0n) is 12.2. The van der Waals surface area contributed by atoms with Crippen LogP contribution in [0.5, 0.6) is 5.75 Å². The first kappa shape index (κ1) is 14.1. The van der Waals surface area contributed by atoms with Gasteiger partial charge in [-0.05, 0) is 41.8 Å². The summed E-state index contributed by atoms with van der Waals surface area (Å²) in [6.45, 7) is 0. The van der Waals surface area contributed by atoms with E-state index in [1.165, 1.54) is 30.3 Å². The summed E-state index contributed by atoms with van der Waals surface area (Å²) < 4.78 is 11.1. The maximum Gasteiger partial charge on any atom is 0.371 e. The molecule has 2 aromatic heterocycles. The molecule has 6 nitrogen and oxygen atoms in total. The number of hydrogen-bond acceptors (Lipinski definition) is 4. The average molecular weight is 323 g/mol. The second-order valence-electron chi connectivity index (χ2n) is 5.35. The number of benzene rings is 2. The standard InChI is InChI=1S/C18H10O6/c19-11-3-1-9(2-4-11)13-5-10-6-16(18(21)22)24-15-8-12(20)7-14(23-13)17(10)15/h1-8,19H,(H,21,22)/p+1. The van der Waals surface area contributed by atoms with Crippen molar-refractivity contribution in [3.63, 3.8) is 0 Å². The molecule has 0 radical (unpaired) electrons. The largest absolute Gasteiger partial charge is 0.508 e. The second kappa shape index (κ2) is 4.99. The van der Waals surface area contributed by atoms with E-state index < -0.39 is 5.97 Å². The zero-order valence-corrected chi connectivity index (χ0v) is 12.2. The lowest BCUT2D eigenvalue weighted by Crippen LogP contribution is -2.02. The highest BCUT2D eigenvalue weighted by molar-refractivity contribution is 6.07. The molecule has 4 aromatic rings. The van der Waals surface area contributed by atoms with Crippen LogP contribution < -0.4 is 5.43 Å². The third-order valence-electron chi connectivity index (χ3n) is 3.72. The van der Waals surface area contributed by atoms with Crippen molar-refractivity contribution in [1.29, 1.82) is 0 Å². The predicted molar refractivity (Wildman–Crippen MR) is 85.1 cm³/mol. The van der Waals surface area contributed by atoms with Crippen molar-refractivity contribution in [2.24, 2.45) is 0 Å². The SMILES string of the molecule is O=C(O)c1cc2cc(-c3ccc(O)cc3)oc3cc(=[OH+])cc(o1)c23. The van der Waals surface area contributed by atoms with Crippen LogP contribution in [0.2, 0.25) is 0 Å². The van der Waals surface area contributed by atoms with Gasteiger partial charge in [-0.25, -0.2) is 4.79 Å². The van der Waals surface area contributed by atoms with Crippen molar-refractivity contribution < 1.29 is 28.6 Å². The van der Waals surface area contributed by atoms with Gasteiger partial charge in [0.05, 0.1) is 17.5 Å². The van der Waals surface area contributed by atoms with Gasteiger partial charge in [0.1, 0.15) is 22.7 Å². The molecule has 0 amide bonds. The molecule has 118 valence electrons. The summed E-state index contributed by atoms with van der Waals surface area (Å²) in [6.07, 6.45) is 0. The van der Waals surface area contributed by atoms with Crippen LogP contribution in [0.15, 0.2) is 57.4 Å². The van der Waals surface area contributed by atoms with Crippen LogP contribution in [0.1, 0.15) is 10.6 Å². The Kier molecular flexibility index (Phi) is 2.93. The van der Waals surface area contributed by atoms with Crippen LogP contribution in [0.4, 0.5) is 0 Å². The van der Waals surface area contributed by atoms with Crippen LogP contribution in [-0.4, -0.2) is 21.0 Å². The van der Waals surface area contributed by atoms with E-state index in [1.807, 2.05) is 0 Å². The number of hydrogen-bond donors (Lipinski definition) is 2. The van der Waals surface area contributed by atoms with Crippen molar-refractivity contribution in [2.75, 3.05) is 0 Å². The maximum absolute atomic E-state index is 11.3. The molecule has 2 heterocycles. The molecule has 0 atom stereocenters. The highest BCUT2D eigenvalue weighted by Crippen LogP contribution is 2.32. The minimum absolute atomic E-state index is 0.0957. The Hall–Kier alpha value is -3.54. The first-order valence-corrected chi connectivity index (χ1v) is 7.07. The van der Waals surface area contributed by atoms with Crippen LogP contribution in [0.3, 0.4) is 0 Å². The number of aromatic hydroxyl groups is 1. The predicted octanol–water partition coefficient (Wildman–Crippen LogP) is 3.25. The molecule has 0 spiro atoms. The minimum Gasteiger partial charge on any atom is -0.508 e. The molecule has 2 aromatic carbocycles. The second-order valence-corrected chi connectivity index (χ2v) is 5.35. The minimum atomic E-state index is -1.20. The van der Waals surface area contributed by atoms with Gasteiger partial charge in [0.2, 0.25) is 5.76 Å². The summed E-state index contributed by atoms with van der Waals surface area (Å²) >= 11 is 0. The molecular weight excluding hydrogens is 312 g/mol. The van der Waals surface area contributed by atoms with Gasteiger partial charge >= 0.3 is 11.4 Å². The average Bonchev–Trinajstić information content (AvgIpc) is 2.54. The molecule has 3 N–H and O–H groups in total. The lowest BCUT2D eigenvalue weighted by molar-refractivity contribution is 0.0663. The summed E-state index contributed by atoms with van der Waals surface area (Å²) in [5.74, 6) is -0.847. The first-order chi connectivity index (χ1) is 11.5. The van der Waals surface area contributed by atoms with Crippen molar-refractivity contribution in [2.45, 2.75) is 0 Å². The van der Waals surface area contributed by atoms with E-state index in [9.17, 15) is 19.8 Å². The molecule has 24 heavy (non-hydrogen) atoms. The normalized spacial score (nSPS) is 11.2. The van der Waals surface area contributed by atoms with Crippen molar-refractivity contribution in [3.8, 4) is 17.1 Å².